The van der Waals surface area contributed by atoms with Crippen LogP contribution in [0.15, 0.2) is 77.0 Å². The van der Waals surface area contributed by atoms with Crippen molar-refractivity contribution in [3.8, 4) is 22.9 Å². The van der Waals surface area contributed by atoms with Gasteiger partial charge in [-0.15, -0.1) is 0 Å². The van der Waals surface area contributed by atoms with Crippen LogP contribution in [0.2, 0.25) is 0 Å². The summed E-state index contributed by atoms with van der Waals surface area (Å²) in [5.41, 5.74) is 4.29. The number of hydrogen-bond acceptors (Lipinski definition) is 6. The Morgan fingerprint density at radius 3 is 2.62 bits per heavy atom. The molecule has 0 aliphatic carbocycles. The highest BCUT2D eigenvalue weighted by Gasteiger charge is 2.36. The number of fused-ring (bicyclic) bond motifs is 1. The fourth-order valence-corrected chi connectivity index (χ4v) is 4.54. The van der Waals surface area contributed by atoms with E-state index in [9.17, 15) is 9.18 Å². The topological polar surface area (TPSA) is 89.7 Å². The van der Waals surface area contributed by atoms with E-state index in [1.165, 1.54) is 11.0 Å². The summed E-state index contributed by atoms with van der Waals surface area (Å²) in [4.78, 5) is 19.4. The van der Waals surface area contributed by atoms with E-state index >= 15 is 0 Å². The molecule has 0 saturated heterocycles. The number of allylic oxidation sites excluding steroid dienone is 1. The van der Waals surface area contributed by atoms with Crippen LogP contribution in [0.4, 0.5) is 9.18 Å². The first-order valence-electron chi connectivity index (χ1n) is 11.8. The molecule has 0 spiro atoms. The van der Waals surface area contributed by atoms with E-state index in [1.54, 1.807) is 37.3 Å². The van der Waals surface area contributed by atoms with Crippen molar-refractivity contribution in [3.63, 3.8) is 0 Å². The lowest BCUT2D eigenvalue weighted by Crippen LogP contribution is -2.45. The maximum atomic E-state index is 14.4. The minimum atomic E-state index is -0.532. The standard InChI is InChI=1S/C28H23FN4O4/c1-16-7-9-18(10-8-16)25-24(17(2)33(28(34)30-25)14-20-5-3-4-6-21(20)29)27-31-26(32-37-27)19-11-12-22-23(13-19)36-15-35-22/h3-13,25H,14-15H2,1-2H3,(H,30,34). The predicted octanol–water partition coefficient (Wildman–Crippen LogP) is 5.61. The summed E-state index contributed by atoms with van der Waals surface area (Å²) in [7, 11) is 0. The number of carbonyl (C=O) groups excluding carboxylic acids is 1. The molecule has 1 aromatic heterocycles. The van der Waals surface area contributed by atoms with Crippen LogP contribution in [0.3, 0.4) is 0 Å². The molecule has 37 heavy (non-hydrogen) atoms. The fourth-order valence-electron chi connectivity index (χ4n) is 4.54. The summed E-state index contributed by atoms with van der Waals surface area (Å²) in [5.74, 6) is 1.51. The van der Waals surface area contributed by atoms with E-state index in [-0.39, 0.29) is 31.1 Å². The van der Waals surface area contributed by atoms with Crippen molar-refractivity contribution in [3.05, 3.63) is 101 Å². The lowest BCUT2D eigenvalue weighted by Gasteiger charge is -2.35. The number of aromatic nitrogens is 2. The number of nitrogens with zero attached hydrogens (tertiary/aromatic N) is 3. The molecule has 2 aliphatic rings. The van der Waals surface area contributed by atoms with Crippen molar-refractivity contribution in [2.24, 2.45) is 0 Å². The van der Waals surface area contributed by atoms with E-state index in [2.05, 4.69) is 15.5 Å². The maximum absolute atomic E-state index is 14.4. The van der Waals surface area contributed by atoms with Gasteiger partial charge in [-0.25, -0.2) is 9.18 Å². The number of halogens is 1. The average molecular weight is 499 g/mol. The van der Waals surface area contributed by atoms with Crippen LogP contribution >= 0.6 is 0 Å². The van der Waals surface area contributed by atoms with Crippen LogP contribution in [0.25, 0.3) is 17.0 Å². The number of benzene rings is 3. The van der Waals surface area contributed by atoms with Crippen LogP contribution < -0.4 is 14.8 Å². The third-order valence-corrected chi connectivity index (χ3v) is 6.58. The second kappa shape index (κ2) is 9.09. The molecule has 3 aromatic carbocycles. The number of ether oxygens (including phenoxy) is 2. The van der Waals surface area contributed by atoms with Crippen LogP contribution in [0.1, 0.15) is 35.5 Å². The van der Waals surface area contributed by atoms with Gasteiger partial charge in [0.2, 0.25) is 12.6 Å². The second-order valence-corrected chi connectivity index (χ2v) is 8.96. The first-order valence-corrected chi connectivity index (χ1v) is 11.8. The number of aryl methyl sites for hydroxylation is 1. The quantitative estimate of drug-likeness (QED) is 0.385. The van der Waals surface area contributed by atoms with Gasteiger partial charge in [-0.3, -0.25) is 4.90 Å². The molecule has 2 aliphatic heterocycles. The molecule has 1 N–H and O–H groups in total. The van der Waals surface area contributed by atoms with Gasteiger partial charge < -0.3 is 19.3 Å². The molecule has 1 unspecified atom stereocenters. The van der Waals surface area contributed by atoms with Gasteiger partial charge in [0, 0.05) is 16.8 Å². The number of carbonyl (C=O) groups is 1. The molecule has 0 fully saturated rings. The van der Waals surface area contributed by atoms with Gasteiger partial charge >= 0.3 is 6.03 Å². The lowest BCUT2D eigenvalue weighted by atomic mass is 9.94. The van der Waals surface area contributed by atoms with Crippen molar-refractivity contribution < 1.29 is 23.2 Å². The number of hydrogen-bond donors (Lipinski definition) is 1. The highest BCUT2D eigenvalue weighted by Crippen LogP contribution is 2.39. The van der Waals surface area contributed by atoms with Crippen LogP contribution in [-0.4, -0.2) is 27.9 Å². The number of urea groups is 1. The first kappa shape index (κ1) is 22.8. The molecule has 6 rings (SSSR count). The average Bonchev–Trinajstić information content (AvgIpc) is 3.57. The molecule has 0 saturated carbocycles. The molecular weight excluding hydrogens is 475 g/mol. The zero-order valence-corrected chi connectivity index (χ0v) is 20.2. The number of nitrogens with one attached hydrogen (secondary N) is 1. The van der Waals surface area contributed by atoms with Crippen molar-refractivity contribution >= 4 is 11.6 Å². The molecular formula is C28H23FN4O4. The molecule has 186 valence electrons. The predicted molar refractivity (Wildman–Crippen MR) is 133 cm³/mol. The van der Waals surface area contributed by atoms with Gasteiger partial charge in [0.1, 0.15) is 5.82 Å². The SMILES string of the molecule is CC1=C(c2nc(-c3ccc4c(c3)OCO4)no2)C(c2ccc(C)cc2)NC(=O)N1Cc1ccccc1F. The van der Waals surface area contributed by atoms with Crippen LogP contribution in [0.5, 0.6) is 11.5 Å². The Bertz CT molecular complexity index is 1530. The molecule has 4 aromatic rings. The molecule has 2 amide bonds. The summed E-state index contributed by atoms with van der Waals surface area (Å²) in [6.07, 6.45) is 0. The van der Waals surface area contributed by atoms with Gasteiger partial charge in [-0.1, -0.05) is 53.2 Å². The highest BCUT2D eigenvalue weighted by atomic mass is 19.1. The Labute approximate surface area is 212 Å². The summed E-state index contributed by atoms with van der Waals surface area (Å²) in [6, 6.07) is 18.8. The molecule has 3 heterocycles. The smallest absolute Gasteiger partial charge is 0.322 e. The summed E-state index contributed by atoms with van der Waals surface area (Å²) >= 11 is 0. The Hall–Kier alpha value is -4.66. The van der Waals surface area contributed by atoms with Gasteiger partial charge in [0.15, 0.2) is 11.5 Å². The Morgan fingerprint density at radius 2 is 1.81 bits per heavy atom. The monoisotopic (exact) mass is 498 g/mol. The number of rotatable bonds is 5. The van der Waals surface area contributed by atoms with Crippen molar-refractivity contribution in [1.29, 1.82) is 0 Å². The van der Waals surface area contributed by atoms with Gasteiger partial charge in [-0.2, -0.15) is 4.98 Å². The minimum absolute atomic E-state index is 0.0532. The van der Waals surface area contributed by atoms with E-state index in [0.717, 1.165) is 11.1 Å². The third kappa shape index (κ3) is 4.18. The molecule has 0 bridgehead atoms. The molecule has 9 heteroatoms. The molecule has 8 nitrogen and oxygen atoms in total. The van der Waals surface area contributed by atoms with E-state index < -0.39 is 6.04 Å². The first-order chi connectivity index (χ1) is 18.0. The van der Waals surface area contributed by atoms with Crippen LogP contribution in [-0.2, 0) is 6.54 Å². The second-order valence-electron chi connectivity index (χ2n) is 8.96. The Kier molecular flexibility index (Phi) is 5.60. The van der Waals surface area contributed by atoms with Crippen LogP contribution in [0, 0.1) is 12.7 Å². The number of amides is 2. The highest BCUT2D eigenvalue weighted by molar-refractivity contribution is 5.87. The maximum Gasteiger partial charge on any atom is 0.322 e. The minimum Gasteiger partial charge on any atom is -0.454 e. The molecule has 1 atom stereocenters. The van der Waals surface area contributed by atoms with Crippen molar-refractivity contribution in [2.45, 2.75) is 26.4 Å². The Morgan fingerprint density at radius 1 is 1.03 bits per heavy atom. The van der Waals surface area contributed by atoms with E-state index in [4.69, 9.17) is 14.0 Å². The lowest BCUT2D eigenvalue weighted by molar-refractivity contribution is 0.174. The summed E-state index contributed by atoms with van der Waals surface area (Å²) in [6.45, 7) is 4.02. The summed E-state index contributed by atoms with van der Waals surface area (Å²) in [5, 5.41) is 7.24. The van der Waals surface area contributed by atoms with Gasteiger partial charge in [0.25, 0.3) is 5.89 Å². The zero-order chi connectivity index (χ0) is 25.5. The fraction of sp³-hybridized carbons (Fsp3) is 0.179. The zero-order valence-electron chi connectivity index (χ0n) is 20.2. The normalized spacial score (nSPS) is 16.8. The van der Waals surface area contributed by atoms with E-state index in [1.807, 2.05) is 37.3 Å². The largest absolute Gasteiger partial charge is 0.454 e. The molecule has 0 radical (unpaired) electrons. The van der Waals surface area contributed by atoms with E-state index in [0.29, 0.717) is 39.7 Å². The van der Waals surface area contributed by atoms with Gasteiger partial charge in [-0.05, 0) is 43.7 Å². The third-order valence-electron chi connectivity index (χ3n) is 6.58. The van der Waals surface area contributed by atoms with Crippen molar-refractivity contribution in [1.82, 2.24) is 20.4 Å². The summed E-state index contributed by atoms with van der Waals surface area (Å²) < 4.78 is 31.1. The Balaban J connectivity index is 1.43. The van der Waals surface area contributed by atoms with Crippen molar-refractivity contribution in [2.75, 3.05) is 6.79 Å². The van der Waals surface area contributed by atoms with Gasteiger partial charge in [0.05, 0.1) is 18.2 Å².